The molecule has 0 radical (unpaired) electrons. The highest BCUT2D eigenvalue weighted by atomic mass is 127. The number of piperidine rings is 1. The zero-order chi connectivity index (χ0) is 20.9. The molecule has 0 bridgehead atoms. The van der Waals surface area contributed by atoms with Gasteiger partial charge in [-0.15, -0.1) is 24.0 Å². The van der Waals surface area contributed by atoms with Crippen LogP contribution in [0.3, 0.4) is 0 Å². The number of guanidine groups is 1. The third-order valence-electron chi connectivity index (χ3n) is 5.16. The first-order valence-electron chi connectivity index (χ1n) is 10.4. The fourth-order valence-electron chi connectivity index (χ4n) is 3.49. The molecule has 1 fully saturated rings. The number of likely N-dealkylation sites (tertiary alicyclic amines) is 1. The number of aromatic nitrogens is 2. The number of aliphatic imine (C=N–C) groups is 1. The van der Waals surface area contributed by atoms with Crippen molar-refractivity contribution in [3.63, 3.8) is 0 Å². The van der Waals surface area contributed by atoms with Crippen LogP contribution in [0.15, 0.2) is 33.8 Å². The number of nitrogens with zero attached hydrogens (tertiary/aromatic N) is 4. The summed E-state index contributed by atoms with van der Waals surface area (Å²) in [5.41, 5.74) is 2.58. The van der Waals surface area contributed by atoms with Gasteiger partial charge in [-0.2, -0.15) is 4.98 Å². The molecule has 166 valence electrons. The Morgan fingerprint density at radius 2 is 2.00 bits per heavy atom. The maximum atomic E-state index is 5.35. The number of aryl methyl sites for hydroxylation is 1. The van der Waals surface area contributed by atoms with Crippen LogP contribution in [0.4, 0.5) is 0 Å². The molecular formula is C22H35IN6O. The van der Waals surface area contributed by atoms with Crippen LogP contribution in [0.2, 0.25) is 0 Å². The van der Waals surface area contributed by atoms with Crippen molar-refractivity contribution in [2.24, 2.45) is 4.99 Å². The first-order valence-corrected chi connectivity index (χ1v) is 10.4. The monoisotopic (exact) mass is 526 g/mol. The van der Waals surface area contributed by atoms with Crippen molar-refractivity contribution in [2.75, 3.05) is 20.1 Å². The van der Waals surface area contributed by atoms with Crippen molar-refractivity contribution in [1.29, 1.82) is 0 Å². The normalized spacial score (nSPS) is 16.2. The lowest BCUT2D eigenvalue weighted by atomic mass is 9.97. The predicted molar refractivity (Wildman–Crippen MR) is 131 cm³/mol. The van der Waals surface area contributed by atoms with E-state index in [4.69, 9.17) is 4.52 Å². The zero-order valence-corrected chi connectivity index (χ0v) is 21.1. The third kappa shape index (κ3) is 7.23. The predicted octanol–water partition coefficient (Wildman–Crippen LogP) is 3.62. The number of nitrogens with one attached hydrogen (secondary N) is 2. The Bertz CT molecular complexity index is 821. The minimum absolute atomic E-state index is 0. The van der Waals surface area contributed by atoms with Crippen molar-refractivity contribution in [3.8, 4) is 0 Å². The minimum atomic E-state index is -0.141. The zero-order valence-electron chi connectivity index (χ0n) is 18.7. The van der Waals surface area contributed by atoms with Gasteiger partial charge >= 0.3 is 0 Å². The fourth-order valence-corrected chi connectivity index (χ4v) is 3.49. The van der Waals surface area contributed by atoms with Crippen molar-refractivity contribution in [1.82, 2.24) is 25.7 Å². The average molecular weight is 526 g/mol. The molecule has 0 unspecified atom stereocenters. The molecule has 8 heteroatoms. The number of hydrogen-bond donors (Lipinski definition) is 2. The molecule has 2 heterocycles. The number of hydrogen-bond acceptors (Lipinski definition) is 5. The second-order valence-electron chi connectivity index (χ2n) is 8.88. The van der Waals surface area contributed by atoms with Crippen LogP contribution in [0.1, 0.15) is 56.5 Å². The molecule has 1 aromatic carbocycles. The van der Waals surface area contributed by atoms with Crippen molar-refractivity contribution >= 4 is 29.9 Å². The summed E-state index contributed by atoms with van der Waals surface area (Å²) in [5, 5.41) is 10.9. The Balaban J connectivity index is 0.00000320. The van der Waals surface area contributed by atoms with Crippen LogP contribution in [-0.2, 0) is 18.5 Å². The van der Waals surface area contributed by atoms with E-state index in [9.17, 15) is 0 Å². The SMILES string of the molecule is CN=C(NCc1noc(C(C)(C)C)n1)NC1CCN(Cc2cccc(C)c2)CC1.I. The largest absolute Gasteiger partial charge is 0.354 e. The van der Waals surface area contributed by atoms with Gasteiger partial charge in [0.1, 0.15) is 0 Å². The van der Waals surface area contributed by atoms with E-state index in [0.717, 1.165) is 38.4 Å². The third-order valence-corrected chi connectivity index (χ3v) is 5.16. The topological polar surface area (TPSA) is 78.6 Å². The van der Waals surface area contributed by atoms with Gasteiger partial charge in [-0.25, -0.2) is 0 Å². The summed E-state index contributed by atoms with van der Waals surface area (Å²) in [7, 11) is 1.79. The minimum Gasteiger partial charge on any atom is -0.354 e. The van der Waals surface area contributed by atoms with Crippen LogP contribution in [0, 0.1) is 6.92 Å². The van der Waals surface area contributed by atoms with Gasteiger partial charge in [-0.05, 0) is 25.3 Å². The summed E-state index contributed by atoms with van der Waals surface area (Å²) in [6, 6.07) is 9.20. The van der Waals surface area contributed by atoms with Crippen LogP contribution < -0.4 is 10.6 Å². The Morgan fingerprint density at radius 3 is 2.60 bits per heavy atom. The van der Waals surface area contributed by atoms with Gasteiger partial charge in [-0.1, -0.05) is 55.8 Å². The van der Waals surface area contributed by atoms with Crippen LogP contribution in [-0.4, -0.2) is 47.2 Å². The van der Waals surface area contributed by atoms with E-state index in [-0.39, 0.29) is 29.4 Å². The van der Waals surface area contributed by atoms with E-state index < -0.39 is 0 Å². The van der Waals surface area contributed by atoms with Gasteiger partial charge in [0, 0.05) is 38.1 Å². The summed E-state index contributed by atoms with van der Waals surface area (Å²) >= 11 is 0. The molecule has 1 aromatic heterocycles. The van der Waals surface area contributed by atoms with Gasteiger partial charge in [0.05, 0.1) is 6.54 Å². The summed E-state index contributed by atoms with van der Waals surface area (Å²) in [6.45, 7) is 12.0. The molecule has 1 aliphatic heterocycles. The van der Waals surface area contributed by atoms with Gasteiger partial charge < -0.3 is 15.2 Å². The van der Waals surface area contributed by atoms with Crippen molar-refractivity contribution < 1.29 is 4.52 Å². The fraction of sp³-hybridized carbons (Fsp3) is 0.591. The Kier molecular flexibility index (Phi) is 9.09. The Hall–Kier alpha value is -1.68. The van der Waals surface area contributed by atoms with E-state index >= 15 is 0 Å². The molecule has 1 aliphatic rings. The lowest BCUT2D eigenvalue weighted by molar-refractivity contribution is 0.198. The molecule has 7 nitrogen and oxygen atoms in total. The molecule has 0 saturated carbocycles. The highest BCUT2D eigenvalue weighted by Gasteiger charge is 2.22. The van der Waals surface area contributed by atoms with Crippen LogP contribution in [0.25, 0.3) is 0 Å². The first kappa shape index (κ1) is 24.6. The second-order valence-corrected chi connectivity index (χ2v) is 8.88. The summed E-state index contributed by atoms with van der Waals surface area (Å²) in [4.78, 5) is 11.3. The number of benzene rings is 1. The molecule has 0 spiro atoms. The lowest BCUT2D eigenvalue weighted by Crippen LogP contribution is -2.48. The van der Waals surface area contributed by atoms with Crippen molar-refractivity contribution in [3.05, 3.63) is 47.1 Å². The molecule has 3 rings (SSSR count). The van der Waals surface area contributed by atoms with E-state index in [1.807, 2.05) is 0 Å². The Labute approximate surface area is 197 Å². The summed E-state index contributed by atoms with van der Waals surface area (Å²) in [6.07, 6.45) is 2.20. The highest BCUT2D eigenvalue weighted by Crippen LogP contribution is 2.19. The van der Waals surface area contributed by atoms with E-state index in [2.05, 4.69) is 82.6 Å². The Morgan fingerprint density at radius 1 is 1.27 bits per heavy atom. The smallest absolute Gasteiger partial charge is 0.232 e. The molecule has 30 heavy (non-hydrogen) atoms. The van der Waals surface area contributed by atoms with E-state index in [1.54, 1.807) is 7.05 Å². The van der Waals surface area contributed by atoms with Gasteiger partial charge in [0.15, 0.2) is 11.8 Å². The van der Waals surface area contributed by atoms with Crippen LogP contribution in [0.5, 0.6) is 0 Å². The van der Waals surface area contributed by atoms with E-state index in [0.29, 0.717) is 24.3 Å². The molecule has 2 N–H and O–H groups in total. The molecular weight excluding hydrogens is 491 g/mol. The summed E-state index contributed by atoms with van der Waals surface area (Å²) < 4.78 is 5.35. The quantitative estimate of drug-likeness (QED) is 0.352. The lowest BCUT2D eigenvalue weighted by Gasteiger charge is -2.33. The van der Waals surface area contributed by atoms with E-state index in [1.165, 1.54) is 11.1 Å². The van der Waals surface area contributed by atoms with Gasteiger partial charge in [0.25, 0.3) is 0 Å². The first-order chi connectivity index (χ1) is 13.8. The molecule has 0 aliphatic carbocycles. The molecule has 2 aromatic rings. The van der Waals surface area contributed by atoms with Crippen molar-refractivity contribution in [2.45, 2.75) is 65.1 Å². The van der Waals surface area contributed by atoms with Gasteiger partial charge in [-0.3, -0.25) is 9.89 Å². The molecule has 0 atom stereocenters. The molecule has 1 saturated heterocycles. The maximum Gasteiger partial charge on any atom is 0.232 e. The number of rotatable bonds is 5. The van der Waals surface area contributed by atoms with Crippen LogP contribution >= 0.6 is 24.0 Å². The number of halogens is 1. The average Bonchev–Trinajstić information content (AvgIpc) is 3.16. The molecule has 0 amide bonds. The second kappa shape index (κ2) is 11.1. The summed E-state index contributed by atoms with van der Waals surface area (Å²) in [5.74, 6) is 2.08. The van der Waals surface area contributed by atoms with Gasteiger partial charge in [0.2, 0.25) is 5.89 Å². The standard InChI is InChI=1S/C22H34N6O.HI/c1-16-7-6-8-17(13-16)15-28-11-9-18(10-12-28)25-21(23-5)24-14-19-26-20(29-27-19)22(2,3)4;/h6-8,13,18H,9-12,14-15H2,1-5H3,(H2,23,24,25);1H. The highest BCUT2D eigenvalue weighted by molar-refractivity contribution is 14.0. The maximum absolute atomic E-state index is 5.35.